The molecule has 2 aromatic rings. The number of benzene rings is 2. The molecule has 0 aliphatic heterocycles. The maximum absolute atomic E-state index is 12.4. The fourth-order valence-corrected chi connectivity index (χ4v) is 3.32. The van der Waals surface area contributed by atoms with Gasteiger partial charge in [-0.05, 0) is 36.8 Å². The molecule has 116 valence electrons. The highest BCUT2D eigenvalue weighted by molar-refractivity contribution is 7.92. The molecule has 0 unspecified atom stereocenters. The van der Waals surface area contributed by atoms with Crippen LogP contribution in [0.1, 0.15) is 15.9 Å². The van der Waals surface area contributed by atoms with E-state index in [1.165, 1.54) is 24.3 Å². The van der Waals surface area contributed by atoms with Crippen LogP contribution in [0.2, 0.25) is 10.0 Å². The third kappa shape index (κ3) is 3.35. The van der Waals surface area contributed by atoms with E-state index in [0.717, 1.165) is 0 Å². The average molecular weight is 359 g/mol. The van der Waals surface area contributed by atoms with Crippen molar-refractivity contribution in [1.82, 2.24) is 0 Å². The molecule has 0 aromatic heterocycles. The van der Waals surface area contributed by atoms with E-state index in [2.05, 4.69) is 4.72 Å². The normalized spacial score (nSPS) is 11.2. The Hall–Kier alpha value is -1.76. The second-order valence-electron chi connectivity index (χ2n) is 4.55. The van der Waals surface area contributed by atoms with Gasteiger partial charge < -0.3 is 5.73 Å². The van der Waals surface area contributed by atoms with E-state index in [0.29, 0.717) is 5.56 Å². The van der Waals surface area contributed by atoms with Crippen molar-refractivity contribution >= 4 is 44.8 Å². The maximum atomic E-state index is 12.4. The van der Waals surface area contributed by atoms with Crippen LogP contribution in [0.5, 0.6) is 0 Å². The number of nitrogens with two attached hydrogens (primary N) is 1. The molecule has 0 saturated heterocycles. The largest absolute Gasteiger partial charge is 0.366 e. The lowest BCUT2D eigenvalue weighted by Gasteiger charge is -2.11. The Labute approximate surface area is 138 Å². The fourth-order valence-electron chi connectivity index (χ4n) is 1.82. The zero-order valence-corrected chi connectivity index (χ0v) is 13.8. The number of carbonyl (C=O) groups is 1. The molecule has 0 fully saturated rings. The van der Waals surface area contributed by atoms with Gasteiger partial charge in [0.15, 0.2) is 0 Å². The zero-order valence-electron chi connectivity index (χ0n) is 11.4. The van der Waals surface area contributed by atoms with Gasteiger partial charge in [-0.3, -0.25) is 9.52 Å². The van der Waals surface area contributed by atoms with Crippen LogP contribution in [0.4, 0.5) is 5.69 Å². The lowest BCUT2D eigenvalue weighted by atomic mass is 10.1. The Morgan fingerprint density at radius 2 is 1.86 bits per heavy atom. The molecule has 8 heteroatoms. The molecule has 5 nitrogen and oxygen atoms in total. The summed E-state index contributed by atoms with van der Waals surface area (Å²) in [4.78, 5) is 11.2. The van der Waals surface area contributed by atoms with Gasteiger partial charge in [0, 0.05) is 5.56 Å². The van der Waals surface area contributed by atoms with Gasteiger partial charge in [-0.15, -0.1) is 0 Å². The number of hydrogen-bond acceptors (Lipinski definition) is 3. The number of hydrogen-bond donors (Lipinski definition) is 2. The molecule has 0 bridgehead atoms. The lowest BCUT2D eigenvalue weighted by molar-refractivity contribution is 0.0999. The Balaban J connectivity index is 2.45. The Morgan fingerprint density at radius 1 is 1.18 bits per heavy atom. The summed E-state index contributed by atoms with van der Waals surface area (Å²) in [6.45, 7) is 1.66. The summed E-state index contributed by atoms with van der Waals surface area (Å²) in [5.41, 5.74) is 6.11. The van der Waals surface area contributed by atoms with Crippen molar-refractivity contribution < 1.29 is 13.2 Å². The van der Waals surface area contributed by atoms with E-state index in [1.807, 2.05) is 0 Å². The lowest BCUT2D eigenvalue weighted by Crippen LogP contribution is -2.17. The number of carbonyl (C=O) groups excluding carboxylic acids is 1. The smallest absolute Gasteiger partial charge is 0.261 e. The topological polar surface area (TPSA) is 89.3 Å². The number of anilines is 1. The number of sulfonamides is 1. The summed E-state index contributed by atoms with van der Waals surface area (Å²) in [7, 11) is -3.93. The van der Waals surface area contributed by atoms with E-state index >= 15 is 0 Å². The van der Waals surface area contributed by atoms with Gasteiger partial charge in [-0.25, -0.2) is 8.42 Å². The summed E-state index contributed by atoms with van der Waals surface area (Å²) >= 11 is 11.8. The van der Waals surface area contributed by atoms with Gasteiger partial charge in [-0.2, -0.15) is 0 Å². The number of amides is 1. The summed E-state index contributed by atoms with van der Waals surface area (Å²) in [5, 5.41) is 0.318. The highest BCUT2D eigenvalue weighted by Gasteiger charge is 2.19. The van der Waals surface area contributed by atoms with Crippen LogP contribution in [-0.4, -0.2) is 14.3 Å². The van der Waals surface area contributed by atoms with Crippen LogP contribution in [0.3, 0.4) is 0 Å². The molecule has 1 amide bonds. The molecule has 0 saturated carbocycles. The Kier molecular flexibility index (Phi) is 4.65. The first kappa shape index (κ1) is 16.6. The highest BCUT2D eigenvalue weighted by Crippen LogP contribution is 2.31. The fraction of sp³-hybridized carbons (Fsp3) is 0.0714. The minimum Gasteiger partial charge on any atom is -0.366 e. The van der Waals surface area contributed by atoms with Crippen molar-refractivity contribution in [2.45, 2.75) is 11.8 Å². The SMILES string of the molecule is Cc1ccc(S(=O)(=O)Nc2cccc(Cl)c2Cl)cc1C(N)=O. The van der Waals surface area contributed by atoms with E-state index in [9.17, 15) is 13.2 Å². The Bertz CT molecular complexity index is 851. The highest BCUT2D eigenvalue weighted by atomic mass is 35.5. The van der Waals surface area contributed by atoms with Crippen molar-refractivity contribution in [3.8, 4) is 0 Å². The number of nitrogens with one attached hydrogen (secondary N) is 1. The van der Waals surface area contributed by atoms with Crippen LogP contribution in [0.25, 0.3) is 0 Å². The number of rotatable bonds is 4. The molecule has 0 aliphatic rings. The average Bonchev–Trinajstić information content (AvgIpc) is 2.43. The second kappa shape index (κ2) is 6.16. The molecule has 0 aliphatic carbocycles. The van der Waals surface area contributed by atoms with Crippen molar-refractivity contribution in [2.24, 2.45) is 5.73 Å². The molecule has 22 heavy (non-hydrogen) atoms. The van der Waals surface area contributed by atoms with Crippen LogP contribution in [0, 0.1) is 6.92 Å². The minimum absolute atomic E-state index is 0.0926. The summed E-state index contributed by atoms with van der Waals surface area (Å²) in [6, 6.07) is 8.69. The monoisotopic (exact) mass is 358 g/mol. The second-order valence-corrected chi connectivity index (χ2v) is 7.02. The molecule has 3 N–H and O–H groups in total. The predicted octanol–water partition coefficient (Wildman–Crippen LogP) is 3.20. The van der Waals surface area contributed by atoms with Crippen LogP contribution in [0.15, 0.2) is 41.3 Å². The standard InChI is InChI=1S/C14H12Cl2N2O3S/c1-8-5-6-9(7-10(8)14(17)19)22(20,21)18-12-4-2-3-11(15)13(12)16/h2-7,18H,1H3,(H2,17,19). The van der Waals surface area contributed by atoms with Crippen LogP contribution < -0.4 is 10.5 Å². The van der Waals surface area contributed by atoms with Crippen LogP contribution >= 0.6 is 23.2 Å². The molecule has 0 spiro atoms. The van der Waals surface area contributed by atoms with Gasteiger partial charge in [0.1, 0.15) is 0 Å². The quantitative estimate of drug-likeness (QED) is 0.879. The summed E-state index contributed by atoms with van der Waals surface area (Å²) in [6.07, 6.45) is 0. The van der Waals surface area contributed by atoms with E-state index < -0.39 is 15.9 Å². The number of aryl methyl sites for hydroxylation is 1. The molecule has 0 radical (unpaired) electrons. The van der Waals surface area contributed by atoms with Gasteiger partial charge in [0.25, 0.3) is 10.0 Å². The third-order valence-corrected chi connectivity index (χ3v) is 5.16. The number of halogens is 2. The van der Waals surface area contributed by atoms with Crippen molar-refractivity contribution in [1.29, 1.82) is 0 Å². The van der Waals surface area contributed by atoms with Crippen molar-refractivity contribution in [3.05, 3.63) is 57.6 Å². The van der Waals surface area contributed by atoms with Crippen LogP contribution in [-0.2, 0) is 10.0 Å². The minimum atomic E-state index is -3.93. The molecule has 0 atom stereocenters. The van der Waals surface area contributed by atoms with Gasteiger partial charge in [0.05, 0.1) is 20.6 Å². The Morgan fingerprint density at radius 3 is 2.50 bits per heavy atom. The molecule has 2 aromatic carbocycles. The maximum Gasteiger partial charge on any atom is 0.261 e. The third-order valence-electron chi connectivity index (χ3n) is 2.98. The van der Waals surface area contributed by atoms with Gasteiger partial charge in [-0.1, -0.05) is 35.3 Å². The molecular formula is C14H12Cl2N2O3S. The molecule has 0 heterocycles. The van der Waals surface area contributed by atoms with E-state index in [-0.39, 0.29) is 26.2 Å². The zero-order chi connectivity index (χ0) is 16.5. The first-order chi connectivity index (χ1) is 10.2. The van der Waals surface area contributed by atoms with Crippen molar-refractivity contribution in [2.75, 3.05) is 4.72 Å². The first-order valence-electron chi connectivity index (χ1n) is 6.09. The van der Waals surface area contributed by atoms with Crippen molar-refractivity contribution in [3.63, 3.8) is 0 Å². The molecule has 2 rings (SSSR count). The van der Waals surface area contributed by atoms with E-state index in [1.54, 1.807) is 19.1 Å². The summed E-state index contributed by atoms with van der Waals surface area (Å²) in [5.74, 6) is -0.699. The predicted molar refractivity (Wildman–Crippen MR) is 87.0 cm³/mol. The molecular weight excluding hydrogens is 347 g/mol. The summed E-state index contributed by atoms with van der Waals surface area (Å²) < 4.78 is 27.1. The number of primary amides is 1. The van der Waals surface area contributed by atoms with Gasteiger partial charge in [0.2, 0.25) is 5.91 Å². The first-order valence-corrected chi connectivity index (χ1v) is 8.33. The van der Waals surface area contributed by atoms with Gasteiger partial charge >= 0.3 is 0 Å². The van der Waals surface area contributed by atoms with E-state index in [4.69, 9.17) is 28.9 Å².